The number of aryl methyl sites for hydroxylation is 1. The molecule has 0 radical (unpaired) electrons. The van der Waals surface area contributed by atoms with E-state index in [9.17, 15) is 9.59 Å². The van der Waals surface area contributed by atoms with E-state index in [4.69, 9.17) is 27.9 Å². The van der Waals surface area contributed by atoms with Crippen molar-refractivity contribution in [2.45, 2.75) is 44.7 Å². The van der Waals surface area contributed by atoms with Crippen LogP contribution in [0.1, 0.15) is 55.0 Å². The normalized spacial score (nSPS) is 14.5. The maximum absolute atomic E-state index is 13.8. The predicted octanol–water partition coefficient (Wildman–Crippen LogP) is 6.79. The molecule has 2 amide bonds. The molecule has 5 nitrogen and oxygen atoms in total. The Bertz CT molecular complexity index is 1210. The lowest BCUT2D eigenvalue weighted by atomic mass is 10.0. The first-order chi connectivity index (χ1) is 17.9. The average Bonchev–Trinajstić information content (AvgIpc) is 3.74. The third-order valence-corrected chi connectivity index (χ3v) is 7.48. The van der Waals surface area contributed by atoms with E-state index in [1.807, 2.05) is 61.5 Å². The molecule has 0 aliphatic heterocycles. The number of rotatable bonds is 11. The summed E-state index contributed by atoms with van der Waals surface area (Å²) in [6, 6.07) is 21.6. The summed E-state index contributed by atoms with van der Waals surface area (Å²) >= 11 is 12.5. The highest BCUT2D eigenvalue weighted by molar-refractivity contribution is 6.42. The summed E-state index contributed by atoms with van der Waals surface area (Å²) in [6.07, 6.45) is 2.97. The van der Waals surface area contributed by atoms with E-state index in [2.05, 4.69) is 5.32 Å². The van der Waals surface area contributed by atoms with Gasteiger partial charge in [0.2, 0.25) is 11.8 Å². The molecule has 37 heavy (non-hydrogen) atoms. The number of ether oxygens (including phenoxy) is 1. The molecular formula is C30H32Cl2N2O3. The van der Waals surface area contributed by atoms with E-state index >= 15 is 0 Å². The molecule has 0 bridgehead atoms. The summed E-state index contributed by atoms with van der Waals surface area (Å²) in [6.45, 7) is 2.47. The number of amides is 2. The predicted molar refractivity (Wildman–Crippen MR) is 148 cm³/mol. The topological polar surface area (TPSA) is 58.6 Å². The number of benzene rings is 3. The van der Waals surface area contributed by atoms with Crippen LogP contribution in [0, 0.1) is 5.92 Å². The van der Waals surface area contributed by atoms with Crippen molar-refractivity contribution in [3.63, 3.8) is 0 Å². The van der Waals surface area contributed by atoms with Gasteiger partial charge in [-0.3, -0.25) is 9.59 Å². The monoisotopic (exact) mass is 538 g/mol. The van der Waals surface area contributed by atoms with Crippen LogP contribution in [0.25, 0.3) is 0 Å². The van der Waals surface area contributed by atoms with E-state index in [0.29, 0.717) is 40.9 Å². The molecule has 1 aliphatic carbocycles. The number of nitrogens with one attached hydrogen (secondary N) is 1. The zero-order valence-electron chi connectivity index (χ0n) is 21.1. The van der Waals surface area contributed by atoms with Gasteiger partial charge >= 0.3 is 0 Å². The number of halogens is 2. The molecule has 0 saturated heterocycles. The quantitative estimate of drug-likeness (QED) is 0.292. The zero-order chi connectivity index (χ0) is 26.4. The van der Waals surface area contributed by atoms with Crippen molar-refractivity contribution < 1.29 is 14.3 Å². The molecule has 3 aromatic carbocycles. The highest BCUT2D eigenvalue weighted by atomic mass is 35.5. The minimum Gasteiger partial charge on any atom is -0.497 e. The second-order valence-corrected chi connectivity index (χ2v) is 10.4. The maximum atomic E-state index is 13.8. The first kappa shape index (κ1) is 27.0. The highest BCUT2D eigenvalue weighted by Crippen LogP contribution is 2.35. The molecule has 0 heterocycles. The Hall–Kier alpha value is -3.02. The fourth-order valence-electron chi connectivity index (χ4n) is 4.39. The van der Waals surface area contributed by atoms with Crippen LogP contribution in [-0.4, -0.2) is 30.4 Å². The molecule has 194 valence electrons. The van der Waals surface area contributed by atoms with E-state index < -0.39 is 6.04 Å². The standard InChI is InChI=1S/C30H32Cl2N2O3/c1-20(23-6-4-3-5-7-23)33-30(36)29(24-13-16-26(31)27(32)18-24)34(19-22-8-9-22)28(35)17-12-21-10-14-25(37-2)15-11-21/h3-7,10-11,13-16,18,20,22,29H,8-9,12,17,19H2,1-2H3,(H,33,36). The molecule has 1 N–H and O–H groups in total. The average molecular weight is 540 g/mol. The molecule has 1 saturated carbocycles. The van der Waals surface area contributed by atoms with E-state index in [0.717, 1.165) is 29.7 Å². The van der Waals surface area contributed by atoms with Gasteiger partial charge in [0.15, 0.2) is 0 Å². The number of hydrogen-bond acceptors (Lipinski definition) is 3. The van der Waals surface area contributed by atoms with Crippen molar-refractivity contribution in [3.8, 4) is 5.75 Å². The van der Waals surface area contributed by atoms with Crippen LogP contribution in [-0.2, 0) is 16.0 Å². The first-order valence-electron chi connectivity index (χ1n) is 12.6. The number of methoxy groups -OCH3 is 1. The number of hydrogen-bond donors (Lipinski definition) is 1. The minimum absolute atomic E-state index is 0.0682. The molecule has 2 unspecified atom stereocenters. The molecule has 0 spiro atoms. The Balaban J connectivity index is 1.60. The van der Waals surface area contributed by atoms with Gasteiger partial charge in [-0.15, -0.1) is 0 Å². The molecule has 1 fully saturated rings. The van der Waals surface area contributed by atoms with E-state index in [-0.39, 0.29) is 17.9 Å². The minimum atomic E-state index is -0.815. The molecule has 3 aromatic rings. The second-order valence-electron chi connectivity index (χ2n) is 9.55. The first-order valence-corrected chi connectivity index (χ1v) is 13.3. The fraction of sp³-hybridized carbons (Fsp3) is 0.333. The van der Waals surface area contributed by atoms with Gasteiger partial charge in [0.25, 0.3) is 0 Å². The van der Waals surface area contributed by atoms with Crippen molar-refractivity contribution in [3.05, 3.63) is 99.5 Å². The van der Waals surface area contributed by atoms with Gasteiger partial charge < -0.3 is 15.0 Å². The van der Waals surface area contributed by atoms with Gasteiger partial charge in [-0.05, 0) is 73.1 Å². The molecule has 4 rings (SSSR count). The van der Waals surface area contributed by atoms with Gasteiger partial charge in [0.1, 0.15) is 11.8 Å². The van der Waals surface area contributed by atoms with Crippen LogP contribution in [0.3, 0.4) is 0 Å². The Kier molecular flexibility index (Phi) is 9.12. The molecule has 7 heteroatoms. The Labute approximate surface area is 228 Å². The van der Waals surface area contributed by atoms with Crippen molar-refractivity contribution in [1.82, 2.24) is 10.2 Å². The molecule has 0 aromatic heterocycles. The number of nitrogens with zero attached hydrogens (tertiary/aromatic N) is 1. The Morgan fingerprint density at radius 2 is 1.68 bits per heavy atom. The maximum Gasteiger partial charge on any atom is 0.247 e. The summed E-state index contributed by atoms with van der Waals surface area (Å²) in [7, 11) is 1.63. The Morgan fingerprint density at radius 3 is 2.30 bits per heavy atom. The fourth-order valence-corrected chi connectivity index (χ4v) is 4.70. The van der Waals surface area contributed by atoms with Crippen molar-refractivity contribution in [2.24, 2.45) is 5.92 Å². The van der Waals surface area contributed by atoms with Crippen molar-refractivity contribution in [2.75, 3.05) is 13.7 Å². The second kappa shape index (κ2) is 12.5. The third-order valence-electron chi connectivity index (χ3n) is 6.74. The van der Waals surface area contributed by atoms with Gasteiger partial charge in [-0.25, -0.2) is 0 Å². The van der Waals surface area contributed by atoms with Gasteiger partial charge in [-0.1, -0.05) is 71.7 Å². The van der Waals surface area contributed by atoms with Crippen LogP contribution in [0.4, 0.5) is 0 Å². The van der Waals surface area contributed by atoms with Crippen LogP contribution >= 0.6 is 23.2 Å². The van der Waals surface area contributed by atoms with E-state index in [1.165, 1.54) is 0 Å². The summed E-state index contributed by atoms with van der Waals surface area (Å²) in [5.74, 6) is 0.860. The number of carbonyl (C=O) groups is 2. The molecular weight excluding hydrogens is 507 g/mol. The van der Waals surface area contributed by atoms with Crippen LogP contribution in [0.5, 0.6) is 5.75 Å². The lowest BCUT2D eigenvalue weighted by molar-refractivity contribution is -0.141. The SMILES string of the molecule is COc1ccc(CCC(=O)N(CC2CC2)C(C(=O)NC(C)c2ccccc2)c2ccc(Cl)c(Cl)c2)cc1. The summed E-state index contributed by atoms with van der Waals surface area (Å²) in [4.78, 5) is 29.2. The summed E-state index contributed by atoms with van der Waals surface area (Å²) in [5.41, 5.74) is 2.67. The van der Waals surface area contributed by atoms with Gasteiger partial charge in [-0.2, -0.15) is 0 Å². The largest absolute Gasteiger partial charge is 0.497 e. The lowest BCUT2D eigenvalue weighted by Crippen LogP contribution is -2.45. The summed E-state index contributed by atoms with van der Waals surface area (Å²) < 4.78 is 5.23. The zero-order valence-corrected chi connectivity index (χ0v) is 22.6. The molecule has 1 aliphatic rings. The van der Waals surface area contributed by atoms with Gasteiger partial charge in [0.05, 0.1) is 23.2 Å². The lowest BCUT2D eigenvalue weighted by Gasteiger charge is -2.33. The third kappa shape index (κ3) is 7.27. The van der Waals surface area contributed by atoms with Crippen LogP contribution in [0.15, 0.2) is 72.8 Å². The Morgan fingerprint density at radius 1 is 0.973 bits per heavy atom. The van der Waals surface area contributed by atoms with E-state index in [1.54, 1.807) is 30.2 Å². The van der Waals surface area contributed by atoms with Crippen molar-refractivity contribution in [1.29, 1.82) is 0 Å². The number of carbonyl (C=O) groups excluding carboxylic acids is 2. The van der Waals surface area contributed by atoms with Crippen molar-refractivity contribution >= 4 is 35.0 Å². The smallest absolute Gasteiger partial charge is 0.247 e. The van der Waals surface area contributed by atoms with Gasteiger partial charge in [0, 0.05) is 13.0 Å². The van der Waals surface area contributed by atoms with Crippen LogP contribution in [0.2, 0.25) is 10.0 Å². The van der Waals surface area contributed by atoms with Crippen LogP contribution < -0.4 is 10.1 Å². The summed E-state index contributed by atoms with van der Waals surface area (Å²) in [5, 5.41) is 3.88. The molecule has 2 atom stereocenters. The highest BCUT2D eigenvalue weighted by Gasteiger charge is 2.36.